The van der Waals surface area contributed by atoms with Gasteiger partial charge in [-0.05, 0) is 75.2 Å². The molecule has 9 heteroatoms. The molecular weight excluding hydrogens is 543 g/mol. The Morgan fingerprint density at radius 3 is 2.50 bits per heavy atom. The third-order valence-corrected chi connectivity index (χ3v) is 7.61. The summed E-state index contributed by atoms with van der Waals surface area (Å²) < 4.78 is 13.6. The molecule has 6 nitrogen and oxygen atoms in total. The van der Waals surface area contributed by atoms with Crippen LogP contribution < -0.4 is 14.9 Å². The number of fused-ring (bicyclic) bond motifs is 1. The van der Waals surface area contributed by atoms with Gasteiger partial charge in [0.05, 0.1) is 27.9 Å². The van der Waals surface area contributed by atoms with E-state index in [1.54, 1.807) is 57.2 Å². The van der Waals surface area contributed by atoms with E-state index in [2.05, 4.69) is 4.99 Å². The van der Waals surface area contributed by atoms with Gasteiger partial charge in [-0.1, -0.05) is 52.7 Å². The van der Waals surface area contributed by atoms with Crippen molar-refractivity contribution in [3.8, 4) is 11.3 Å². The molecule has 0 saturated carbocycles. The normalized spacial score (nSPS) is 15.6. The molecule has 0 fully saturated rings. The van der Waals surface area contributed by atoms with Crippen LogP contribution in [0.15, 0.2) is 80.1 Å². The highest BCUT2D eigenvalue weighted by Crippen LogP contribution is 2.32. The number of furan rings is 1. The van der Waals surface area contributed by atoms with Crippen LogP contribution in [-0.4, -0.2) is 16.6 Å². The van der Waals surface area contributed by atoms with Gasteiger partial charge >= 0.3 is 5.97 Å². The van der Waals surface area contributed by atoms with E-state index in [1.807, 2.05) is 31.2 Å². The first-order valence-corrected chi connectivity index (χ1v) is 13.5. The van der Waals surface area contributed by atoms with E-state index in [0.717, 1.165) is 16.7 Å². The molecule has 1 atom stereocenters. The van der Waals surface area contributed by atoms with Crippen LogP contribution >= 0.6 is 34.5 Å². The number of aromatic nitrogens is 1. The molecule has 4 aromatic rings. The summed E-state index contributed by atoms with van der Waals surface area (Å²) in [6.07, 6.45) is 1.37. The summed E-state index contributed by atoms with van der Waals surface area (Å²) in [7, 11) is 0. The topological polar surface area (TPSA) is 73.8 Å². The molecule has 0 N–H and O–H groups in total. The van der Waals surface area contributed by atoms with Gasteiger partial charge in [0.1, 0.15) is 11.5 Å². The number of rotatable bonds is 5. The van der Waals surface area contributed by atoms with Crippen LogP contribution in [0.4, 0.5) is 0 Å². The minimum Gasteiger partial charge on any atom is -0.459 e. The molecule has 2 aromatic carbocycles. The third-order valence-electron chi connectivity index (χ3n) is 6.14. The maximum Gasteiger partial charge on any atom is 0.338 e. The number of hydrogen-bond acceptors (Lipinski definition) is 6. The number of ether oxygens (including phenoxy) is 1. The van der Waals surface area contributed by atoms with Crippen LogP contribution in [0.2, 0.25) is 10.0 Å². The van der Waals surface area contributed by atoms with E-state index in [9.17, 15) is 9.59 Å². The minimum absolute atomic E-state index is 0.284. The molecule has 0 radical (unpaired) electrons. The number of nitrogens with zero attached hydrogens (tertiary/aromatic N) is 2. The Kier molecular flexibility index (Phi) is 7.18. The monoisotopic (exact) mass is 566 g/mol. The van der Waals surface area contributed by atoms with Crippen LogP contribution in [0.5, 0.6) is 0 Å². The minimum atomic E-state index is -0.710. The molecule has 1 aliphatic rings. The molecule has 1 unspecified atom stereocenters. The van der Waals surface area contributed by atoms with Gasteiger partial charge in [0.2, 0.25) is 0 Å². The fourth-order valence-corrected chi connectivity index (χ4v) is 5.71. The highest BCUT2D eigenvalue weighted by Gasteiger charge is 2.33. The van der Waals surface area contributed by atoms with E-state index in [4.69, 9.17) is 32.4 Å². The molecule has 0 bridgehead atoms. The van der Waals surface area contributed by atoms with E-state index >= 15 is 0 Å². The van der Waals surface area contributed by atoms with Gasteiger partial charge in [-0.15, -0.1) is 0 Å². The van der Waals surface area contributed by atoms with E-state index in [1.165, 1.54) is 15.9 Å². The van der Waals surface area contributed by atoms with Crippen LogP contribution in [-0.2, 0) is 9.53 Å². The summed E-state index contributed by atoms with van der Waals surface area (Å²) in [6, 6.07) is 15.6. The van der Waals surface area contributed by atoms with Gasteiger partial charge in [-0.3, -0.25) is 9.36 Å². The molecular formula is C29H24Cl2N2O4S. The first-order valence-electron chi connectivity index (χ1n) is 12.0. The van der Waals surface area contributed by atoms with Gasteiger partial charge in [-0.25, -0.2) is 9.79 Å². The second-order valence-corrected chi connectivity index (χ2v) is 11.1. The number of benzene rings is 2. The number of carbonyl (C=O) groups is 1. The maximum absolute atomic E-state index is 13.8. The fraction of sp³-hybridized carbons (Fsp3) is 0.207. The molecule has 194 valence electrons. The van der Waals surface area contributed by atoms with Crippen LogP contribution in [0.3, 0.4) is 0 Å². The molecule has 1 aliphatic heterocycles. The number of aryl methyl sites for hydroxylation is 1. The first-order chi connectivity index (χ1) is 18.1. The average Bonchev–Trinajstić information content (AvgIpc) is 3.44. The lowest BCUT2D eigenvalue weighted by Crippen LogP contribution is -2.40. The van der Waals surface area contributed by atoms with Crippen molar-refractivity contribution in [1.82, 2.24) is 4.57 Å². The van der Waals surface area contributed by atoms with Gasteiger partial charge < -0.3 is 9.15 Å². The van der Waals surface area contributed by atoms with E-state index in [-0.39, 0.29) is 11.7 Å². The predicted molar refractivity (Wildman–Crippen MR) is 150 cm³/mol. The highest BCUT2D eigenvalue weighted by molar-refractivity contribution is 7.07. The Balaban J connectivity index is 1.64. The van der Waals surface area contributed by atoms with Crippen LogP contribution in [0.25, 0.3) is 17.4 Å². The summed E-state index contributed by atoms with van der Waals surface area (Å²) in [6.45, 7) is 7.29. The van der Waals surface area contributed by atoms with Crippen molar-refractivity contribution < 1.29 is 13.9 Å². The predicted octanol–water partition coefficient (Wildman–Crippen LogP) is 6.06. The van der Waals surface area contributed by atoms with E-state index in [0.29, 0.717) is 42.2 Å². The molecule has 2 aromatic heterocycles. The zero-order valence-electron chi connectivity index (χ0n) is 21.1. The SMILES string of the molecule is CC1=C(C(=O)OC(C)C)C(c2ccc(Cl)cc2)n2c(s/c(=C\c3ccc(-c4cc(Cl)ccc4C)o3)c2=O)=N1. The lowest BCUT2D eigenvalue weighted by atomic mass is 9.96. The molecule has 38 heavy (non-hydrogen) atoms. The molecule has 0 amide bonds. The van der Waals surface area contributed by atoms with Crippen LogP contribution in [0, 0.1) is 6.92 Å². The van der Waals surface area contributed by atoms with Crippen molar-refractivity contribution in [3.05, 3.63) is 112 Å². The summed E-state index contributed by atoms with van der Waals surface area (Å²) in [4.78, 5) is 32.0. The second-order valence-electron chi connectivity index (χ2n) is 9.25. The zero-order valence-corrected chi connectivity index (χ0v) is 23.4. The standard InChI is InChI=1S/C29H24Cl2N2O4S/c1-15(2)36-28(35)25-17(4)32-29-33(26(25)18-6-9-19(30)10-7-18)27(34)24(38-29)14-21-11-12-23(37-21)22-13-20(31)8-5-16(22)3/h5-15,26H,1-4H3/b24-14-. The Morgan fingerprint density at radius 1 is 1.08 bits per heavy atom. The Labute approximate surface area is 233 Å². The summed E-state index contributed by atoms with van der Waals surface area (Å²) in [5.41, 5.74) is 3.16. The smallest absolute Gasteiger partial charge is 0.338 e. The number of thiazole rings is 1. The van der Waals surface area contributed by atoms with Crippen molar-refractivity contribution in [1.29, 1.82) is 0 Å². The van der Waals surface area contributed by atoms with Crippen molar-refractivity contribution >= 4 is 46.6 Å². The number of allylic oxidation sites excluding steroid dienone is 1. The Morgan fingerprint density at radius 2 is 1.79 bits per heavy atom. The maximum atomic E-state index is 13.8. The first kappa shape index (κ1) is 26.2. The number of carbonyl (C=O) groups excluding carboxylic acids is 1. The molecule has 0 aliphatic carbocycles. The molecule has 0 spiro atoms. The molecule has 0 saturated heterocycles. The quantitative estimate of drug-likeness (QED) is 0.275. The molecule has 3 heterocycles. The van der Waals surface area contributed by atoms with Gasteiger partial charge in [0.15, 0.2) is 4.80 Å². The lowest BCUT2D eigenvalue weighted by molar-refractivity contribution is -0.143. The third kappa shape index (κ3) is 5.01. The average molecular weight is 567 g/mol. The number of esters is 1. The largest absolute Gasteiger partial charge is 0.459 e. The fourth-order valence-electron chi connectivity index (χ4n) is 4.38. The Hall–Kier alpha value is -3.39. The van der Waals surface area contributed by atoms with Gasteiger partial charge in [-0.2, -0.15) is 0 Å². The zero-order chi connectivity index (χ0) is 27.1. The summed E-state index contributed by atoms with van der Waals surface area (Å²) in [5, 5.41) is 1.16. The summed E-state index contributed by atoms with van der Waals surface area (Å²) in [5.74, 6) is 0.656. The van der Waals surface area contributed by atoms with E-state index < -0.39 is 12.0 Å². The number of hydrogen-bond donors (Lipinski definition) is 0. The van der Waals surface area contributed by atoms with Crippen molar-refractivity contribution in [2.75, 3.05) is 0 Å². The van der Waals surface area contributed by atoms with Gasteiger partial charge in [0.25, 0.3) is 5.56 Å². The van der Waals surface area contributed by atoms with Crippen molar-refractivity contribution in [2.24, 2.45) is 4.99 Å². The van der Waals surface area contributed by atoms with Crippen molar-refractivity contribution in [3.63, 3.8) is 0 Å². The summed E-state index contributed by atoms with van der Waals surface area (Å²) >= 11 is 13.5. The molecule has 5 rings (SSSR count). The van der Waals surface area contributed by atoms with Crippen molar-refractivity contribution in [2.45, 2.75) is 39.8 Å². The second kappa shape index (κ2) is 10.4. The van der Waals surface area contributed by atoms with Crippen LogP contribution in [0.1, 0.15) is 43.7 Å². The Bertz CT molecular complexity index is 1760. The number of halogens is 2. The highest BCUT2D eigenvalue weighted by atomic mass is 35.5. The lowest BCUT2D eigenvalue weighted by Gasteiger charge is -2.25. The van der Waals surface area contributed by atoms with Gasteiger partial charge in [0, 0.05) is 21.7 Å².